The molecule has 0 unspecified atom stereocenters. The number of piperidine rings is 1. The van der Waals surface area contributed by atoms with E-state index in [1.807, 2.05) is 52.8 Å². The van der Waals surface area contributed by atoms with E-state index < -0.39 is 23.1 Å². The van der Waals surface area contributed by atoms with Crippen molar-refractivity contribution in [3.8, 4) is 0 Å². The van der Waals surface area contributed by atoms with E-state index in [1.54, 1.807) is 0 Å². The van der Waals surface area contributed by atoms with E-state index in [9.17, 15) is 19.5 Å². The van der Waals surface area contributed by atoms with Gasteiger partial charge in [0.1, 0.15) is 5.60 Å². The number of hydrogen-bond acceptors (Lipinski definition) is 5. The summed E-state index contributed by atoms with van der Waals surface area (Å²) in [6, 6.07) is 5.68. The van der Waals surface area contributed by atoms with Gasteiger partial charge in [0.05, 0.1) is 11.8 Å². The van der Waals surface area contributed by atoms with Crippen LogP contribution in [0.15, 0.2) is 18.2 Å². The van der Waals surface area contributed by atoms with Crippen LogP contribution in [0.5, 0.6) is 0 Å². The van der Waals surface area contributed by atoms with Gasteiger partial charge in [-0.2, -0.15) is 0 Å². The van der Waals surface area contributed by atoms with Crippen LogP contribution in [0.25, 0.3) is 0 Å². The first-order valence-electron chi connectivity index (χ1n) is 12.3. The summed E-state index contributed by atoms with van der Waals surface area (Å²) in [5.41, 5.74) is 0.524. The highest BCUT2D eigenvalue weighted by Crippen LogP contribution is 2.41. The number of likely N-dealkylation sites (tertiary alicyclic amines) is 2. The van der Waals surface area contributed by atoms with E-state index in [0.29, 0.717) is 50.6 Å². The van der Waals surface area contributed by atoms with Gasteiger partial charge < -0.3 is 20.1 Å². The van der Waals surface area contributed by atoms with E-state index in [1.165, 1.54) is 4.90 Å². The minimum absolute atomic E-state index is 0.0107. The summed E-state index contributed by atoms with van der Waals surface area (Å²) >= 11 is 6.47. The molecule has 9 heteroatoms. The lowest BCUT2D eigenvalue weighted by Gasteiger charge is -2.36. The molecule has 0 radical (unpaired) electrons. The molecule has 2 heterocycles. The fraction of sp³-hybridized carbons (Fsp3) is 0.654. The van der Waals surface area contributed by atoms with Crippen molar-refractivity contribution >= 4 is 29.6 Å². The van der Waals surface area contributed by atoms with Gasteiger partial charge in [0.15, 0.2) is 0 Å². The zero-order chi connectivity index (χ0) is 26.0. The Kier molecular flexibility index (Phi) is 8.37. The number of halogens is 1. The van der Waals surface area contributed by atoms with Crippen LogP contribution in [0.1, 0.15) is 58.1 Å². The summed E-state index contributed by atoms with van der Waals surface area (Å²) < 4.78 is 5.61. The number of carbonyl (C=O) groups is 3. The Labute approximate surface area is 212 Å². The first-order valence-corrected chi connectivity index (χ1v) is 12.7. The van der Waals surface area contributed by atoms with Crippen LogP contribution in [-0.4, -0.2) is 70.7 Å². The lowest BCUT2D eigenvalue weighted by Crippen LogP contribution is -2.53. The number of nitrogens with one attached hydrogen (secondary N) is 1. The number of ether oxygens (including phenoxy) is 1. The largest absolute Gasteiger partial charge is 0.465 e. The van der Waals surface area contributed by atoms with Crippen LogP contribution in [0.3, 0.4) is 0 Å². The van der Waals surface area contributed by atoms with Crippen molar-refractivity contribution in [3.63, 3.8) is 0 Å². The summed E-state index contributed by atoms with van der Waals surface area (Å²) in [6.45, 7) is 11.9. The van der Waals surface area contributed by atoms with Crippen molar-refractivity contribution in [1.29, 1.82) is 0 Å². The lowest BCUT2D eigenvalue weighted by atomic mass is 9.75. The van der Waals surface area contributed by atoms with E-state index in [-0.39, 0.29) is 24.3 Å². The van der Waals surface area contributed by atoms with Crippen LogP contribution < -0.4 is 5.32 Å². The maximum absolute atomic E-state index is 13.8. The SMILES string of the molecule is Cc1cccc(Cl)c1CN1C[C@@H](C)[C@@](CC(=O)OC(C)(C)C)(C(=O)NC2CCN(C(=O)O)CC2)C1. The lowest BCUT2D eigenvalue weighted by molar-refractivity contribution is -0.161. The van der Waals surface area contributed by atoms with Gasteiger partial charge >= 0.3 is 12.1 Å². The zero-order valence-electron chi connectivity index (χ0n) is 21.4. The van der Waals surface area contributed by atoms with Crippen molar-refractivity contribution in [2.45, 2.75) is 72.1 Å². The molecule has 8 nitrogen and oxygen atoms in total. The predicted octanol–water partition coefficient (Wildman–Crippen LogP) is 4.08. The summed E-state index contributed by atoms with van der Waals surface area (Å²) in [7, 11) is 0. The molecule has 0 saturated carbocycles. The monoisotopic (exact) mass is 507 g/mol. The number of carbonyl (C=O) groups excluding carboxylic acids is 2. The minimum Gasteiger partial charge on any atom is -0.465 e. The van der Waals surface area contributed by atoms with Crippen LogP contribution >= 0.6 is 11.6 Å². The van der Waals surface area contributed by atoms with Crippen LogP contribution in [0, 0.1) is 18.3 Å². The van der Waals surface area contributed by atoms with Gasteiger partial charge in [0.2, 0.25) is 5.91 Å². The summed E-state index contributed by atoms with van der Waals surface area (Å²) in [6.07, 6.45) is 0.157. The molecule has 0 bridgehead atoms. The van der Waals surface area contributed by atoms with Gasteiger partial charge in [-0.25, -0.2) is 4.79 Å². The number of hydrogen-bond donors (Lipinski definition) is 2. The maximum Gasteiger partial charge on any atom is 0.407 e. The smallest absolute Gasteiger partial charge is 0.407 e. The molecule has 2 N–H and O–H groups in total. The highest BCUT2D eigenvalue weighted by molar-refractivity contribution is 6.31. The van der Waals surface area contributed by atoms with Crippen LogP contribution in [0.2, 0.25) is 5.02 Å². The number of amides is 2. The van der Waals surface area contributed by atoms with Crippen molar-refractivity contribution < 1.29 is 24.2 Å². The van der Waals surface area contributed by atoms with Gasteiger partial charge in [-0.1, -0.05) is 30.7 Å². The molecular weight excluding hydrogens is 470 g/mol. The first-order chi connectivity index (χ1) is 16.3. The van der Waals surface area contributed by atoms with Crippen molar-refractivity contribution in [2.24, 2.45) is 11.3 Å². The average Bonchev–Trinajstić information content (AvgIpc) is 3.05. The quantitative estimate of drug-likeness (QED) is 0.563. The molecule has 35 heavy (non-hydrogen) atoms. The third kappa shape index (κ3) is 6.67. The second-order valence-electron chi connectivity index (χ2n) is 11.0. The topological polar surface area (TPSA) is 99.2 Å². The van der Waals surface area contributed by atoms with Crippen molar-refractivity contribution in [2.75, 3.05) is 26.2 Å². The highest BCUT2D eigenvalue weighted by Gasteiger charge is 2.52. The van der Waals surface area contributed by atoms with E-state index >= 15 is 0 Å². The standard InChI is InChI=1S/C26H38ClN3O5/c1-17-7-6-8-21(27)20(17)15-29-14-18(2)26(16-29,13-22(31)35-25(3,4)5)23(32)28-19-9-11-30(12-10-19)24(33)34/h6-8,18-19H,9-16H2,1-5H3,(H,28,32)(H,33,34)/t18-,26+/m1/s1. The molecule has 0 aliphatic carbocycles. The third-order valence-corrected chi connectivity index (χ3v) is 7.50. The van der Waals surface area contributed by atoms with Gasteiger partial charge in [-0.3, -0.25) is 14.5 Å². The number of benzene rings is 1. The van der Waals surface area contributed by atoms with Crippen molar-refractivity contribution in [3.05, 3.63) is 34.3 Å². The Bertz CT molecular complexity index is 935. The molecule has 2 fully saturated rings. The van der Waals surface area contributed by atoms with Crippen molar-refractivity contribution in [1.82, 2.24) is 15.1 Å². The van der Waals surface area contributed by atoms with Gasteiger partial charge in [-0.05, 0) is 63.6 Å². The van der Waals surface area contributed by atoms with Gasteiger partial charge in [0, 0.05) is 43.8 Å². The molecule has 1 aromatic carbocycles. The predicted molar refractivity (Wildman–Crippen MR) is 134 cm³/mol. The third-order valence-electron chi connectivity index (χ3n) is 7.15. The number of esters is 1. The van der Waals surface area contributed by atoms with E-state index in [4.69, 9.17) is 16.3 Å². The number of aryl methyl sites for hydroxylation is 1. The fourth-order valence-corrected chi connectivity index (χ4v) is 5.46. The Hall–Kier alpha value is -2.32. The molecule has 2 saturated heterocycles. The normalized spacial score (nSPS) is 23.8. The van der Waals surface area contributed by atoms with Gasteiger partial charge in [-0.15, -0.1) is 0 Å². The summed E-state index contributed by atoms with van der Waals surface area (Å²) in [4.78, 5) is 41.5. The molecule has 2 amide bonds. The van der Waals surface area contributed by atoms with Crippen LogP contribution in [-0.2, 0) is 20.9 Å². The Morgan fingerprint density at radius 3 is 2.46 bits per heavy atom. The average molecular weight is 508 g/mol. The summed E-state index contributed by atoms with van der Waals surface area (Å²) in [5.74, 6) is -0.643. The molecule has 2 atom stereocenters. The fourth-order valence-electron chi connectivity index (χ4n) is 5.18. The zero-order valence-corrected chi connectivity index (χ0v) is 22.2. The van der Waals surface area contributed by atoms with Crippen LogP contribution in [0.4, 0.5) is 4.79 Å². The van der Waals surface area contributed by atoms with E-state index in [0.717, 1.165) is 11.1 Å². The number of carboxylic acid groups (broad SMARTS) is 1. The Balaban J connectivity index is 1.79. The maximum atomic E-state index is 13.8. The number of rotatable bonds is 6. The second kappa shape index (κ2) is 10.7. The molecule has 194 valence electrons. The first kappa shape index (κ1) is 27.3. The molecule has 0 spiro atoms. The molecular formula is C26H38ClN3O5. The molecule has 3 rings (SSSR count). The Morgan fingerprint density at radius 1 is 1.23 bits per heavy atom. The Morgan fingerprint density at radius 2 is 1.89 bits per heavy atom. The summed E-state index contributed by atoms with van der Waals surface area (Å²) in [5, 5.41) is 13.0. The second-order valence-corrected chi connectivity index (χ2v) is 11.4. The molecule has 0 aromatic heterocycles. The molecule has 2 aliphatic heterocycles. The number of nitrogens with zero attached hydrogens (tertiary/aromatic N) is 2. The minimum atomic E-state index is -0.943. The van der Waals surface area contributed by atoms with E-state index in [2.05, 4.69) is 10.2 Å². The highest BCUT2D eigenvalue weighted by atomic mass is 35.5. The van der Waals surface area contributed by atoms with Gasteiger partial charge in [0.25, 0.3) is 0 Å². The molecule has 1 aromatic rings. The molecule has 2 aliphatic rings.